The standard InChI is InChI=1S/C28H30Cl3N3O5S/c1-18(2)32-28(36)19(3)33(16-20-10-12-23(29)24(30)14-20)27(35)17-34(21-11-13-26(39-4)25(31)15-21)40(37,38)22-8-6-5-7-9-22/h5-15,18-19H,16-17H2,1-4H3,(H,32,36). The van der Waals surface area contributed by atoms with Gasteiger partial charge in [-0.2, -0.15) is 0 Å². The summed E-state index contributed by atoms with van der Waals surface area (Å²) in [6.45, 7) is 4.55. The van der Waals surface area contributed by atoms with Crippen LogP contribution in [0.2, 0.25) is 15.1 Å². The maximum atomic E-state index is 13.9. The minimum Gasteiger partial charge on any atom is -0.495 e. The number of methoxy groups -OCH3 is 1. The van der Waals surface area contributed by atoms with Gasteiger partial charge >= 0.3 is 0 Å². The van der Waals surface area contributed by atoms with Crippen LogP contribution < -0.4 is 14.4 Å². The highest BCUT2D eigenvalue weighted by molar-refractivity contribution is 7.92. The molecule has 1 atom stereocenters. The van der Waals surface area contributed by atoms with Crippen molar-refractivity contribution in [3.63, 3.8) is 0 Å². The number of benzene rings is 3. The summed E-state index contributed by atoms with van der Waals surface area (Å²) in [5.41, 5.74) is 0.758. The molecule has 0 saturated heterocycles. The van der Waals surface area contributed by atoms with E-state index in [0.29, 0.717) is 16.3 Å². The number of amides is 2. The summed E-state index contributed by atoms with van der Waals surface area (Å²) >= 11 is 18.6. The Balaban J connectivity index is 2.07. The number of ether oxygens (including phenoxy) is 1. The van der Waals surface area contributed by atoms with Crippen molar-refractivity contribution in [3.05, 3.63) is 87.4 Å². The molecule has 214 valence electrons. The van der Waals surface area contributed by atoms with E-state index < -0.39 is 34.4 Å². The predicted molar refractivity (Wildman–Crippen MR) is 159 cm³/mol. The Bertz CT molecular complexity index is 1470. The lowest BCUT2D eigenvalue weighted by Gasteiger charge is -2.32. The summed E-state index contributed by atoms with van der Waals surface area (Å²) in [5.74, 6) is -0.675. The van der Waals surface area contributed by atoms with Crippen LogP contribution in [0.1, 0.15) is 26.3 Å². The maximum Gasteiger partial charge on any atom is 0.264 e. The molecule has 0 heterocycles. The minimum absolute atomic E-state index is 0.0172. The molecular weight excluding hydrogens is 597 g/mol. The molecule has 8 nitrogen and oxygen atoms in total. The SMILES string of the molecule is COc1ccc(N(CC(=O)N(Cc2ccc(Cl)c(Cl)c2)C(C)C(=O)NC(C)C)S(=O)(=O)c2ccccc2)cc1Cl. The second kappa shape index (κ2) is 13.6. The Morgan fingerprint density at radius 1 is 0.900 bits per heavy atom. The Morgan fingerprint density at radius 3 is 2.15 bits per heavy atom. The van der Waals surface area contributed by atoms with Gasteiger partial charge < -0.3 is 15.0 Å². The third-order valence-electron chi connectivity index (χ3n) is 5.97. The number of carbonyl (C=O) groups is 2. The van der Waals surface area contributed by atoms with E-state index in [4.69, 9.17) is 39.5 Å². The van der Waals surface area contributed by atoms with Crippen LogP contribution in [0.15, 0.2) is 71.6 Å². The second-order valence-electron chi connectivity index (χ2n) is 9.25. The van der Waals surface area contributed by atoms with Crippen LogP contribution in [0.25, 0.3) is 0 Å². The monoisotopic (exact) mass is 625 g/mol. The number of hydrogen-bond acceptors (Lipinski definition) is 5. The lowest BCUT2D eigenvalue weighted by molar-refractivity contribution is -0.139. The first kappa shape index (κ1) is 31.5. The third-order valence-corrected chi connectivity index (χ3v) is 8.79. The minimum atomic E-state index is -4.22. The molecular formula is C28H30Cl3N3O5S. The fourth-order valence-electron chi connectivity index (χ4n) is 3.88. The highest BCUT2D eigenvalue weighted by Crippen LogP contribution is 2.32. The van der Waals surface area contributed by atoms with Gasteiger partial charge in [0.25, 0.3) is 10.0 Å². The average molecular weight is 627 g/mol. The highest BCUT2D eigenvalue weighted by Gasteiger charge is 2.33. The van der Waals surface area contributed by atoms with Crippen LogP contribution in [-0.2, 0) is 26.2 Å². The second-order valence-corrected chi connectivity index (χ2v) is 12.3. The molecule has 0 aliphatic carbocycles. The molecule has 0 aromatic heterocycles. The van der Waals surface area contributed by atoms with Gasteiger partial charge in [0.15, 0.2) is 0 Å². The lowest BCUT2D eigenvalue weighted by Crippen LogP contribution is -2.52. The van der Waals surface area contributed by atoms with E-state index >= 15 is 0 Å². The number of anilines is 1. The van der Waals surface area contributed by atoms with Crippen LogP contribution in [0.4, 0.5) is 5.69 Å². The topological polar surface area (TPSA) is 96.0 Å². The number of carbonyl (C=O) groups excluding carboxylic acids is 2. The largest absolute Gasteiger partial charge is 0.495 e. The summed E-state index contributed by atoms with van der Waals surface area (Å²) in [4.78, 5) is 28.2. The van der Waals surface area contributed by atoms with Crippen LogP contribution in [0.5, 0.6) is 5.75 Å². The van der Waals surface area contributed by atoms with E-state index in [-0.39, 0.29) is 33.2 Å². The van der Waals surface area contributed by atoms with Gasteiger partial charge in [-0.05, 0) is 68.8 Å². The number of nitrogens with zero attached hydrogens (tertiary/aromatic N) is 2. The van der Waals surface area contributed by atoms with Crippen molar-refractivity contribution >= 4 is 62.3 Å². The summed E-state index contributed by atoms with van der Waals surface area (Å²) in [6.07, 6.45) is 0. The zero-order valence-electron chi connectivity index (χ0n) is 22.4. The first-order valence-electron chi connectivity index (χ1n) is 12.3. The Labute approximate surface area is 249 Å². The van der Waals surface area contributed by atoms with Crippen molar-refractivity contribution in [1.82, 2.24) is 10.2 Å². The maximum absolute atomic E-state index is 13.9. The Morgan fingerprint density at radius 2 is 1.57 bits per heavy atom. The molecule has 0 radical (unpaired) electrons. The molecule has 0 aliphatic heterocycles. The molecule has 0 fully saturated rings. The van der Waals surface area contributed by atoms with Crippen molar-refractivity contribution in [2.24, 2.45) is 0 Å². The van der Waals surface area contributed by atoms with Gasteiger partial charge in [-0.3, -0.25) is 13.9 Å². The van der Waals surface area contributed by atoms with Crippen molar-refractivity contribution in [3.8, 4) is 5.75 Å². The molecule has 3 aromatic rings. The van der Waals surface area contributed by atoms with Crippen molar-refractivity contribution in [2.75, 3.05) is 18.0 Å². The quantitative estimate of drug-likeness (QED) is 0.291. The number of sulfonamides is 1. The molecule has 0 spiro atoms. The first-order chi connectivity index (χ1) is 18.8. The summed E-state index contributed by atoms with van der Waals surface area (Å²) in [7, 11) is -2.78. The molecule has 0 bridgehead atoms. The van der Waals surface area contributed by atoms with E-state index in [1.807, 2.05) is 0 Å². The number of rotatable bonds is 11. The van der Waals surface area contributed by atoms with Crippen LogP contribution in [-0.4, -0.2) is 50.9 Å². The molecule has 3 rings (SSSR count). The normalized spacial score (nSPS) is 12.1. The molecule has 12 heteroatoms. The van der Waals surface area contributed by atoms with Crippen molar-refractivity contribution in [1.29, 1.82) is 0 Å². The Hall–Kier alpha value is -2.98. The van der Waals surface area contributed by atoms with Crippen molar-refractivity contribution < 1.29 is 22.7 Å². The smallest absolute Gasteiger partial charge is 0.264 e. The van der Waals surface area contributed by atoms with Gasteiger partial charge in [0.05, 0.1) is 32.8 Å². The van der Waals surface area contributed by atoms with Crippen LogP contribution >= 0.6 is 34.8 Å². The van der Waals surface area contributed by atoms with E-state index in [0.717, 1.165) is 4.31 Å². The van der Waals surface area contributed by atoms with Gasteiger partial charge in [0, 0.05) is 12.6 Å². The van der Waals surface area contributed by atoms with Gasteiger partial charge in [0.1, 0.15) is 18.3 Å². The van der Waals surface area contributed by atoms with Crippen molar-refractivity contribution in [2.45, 2.75) is 44.3 Å². The van der Waals surface area contributed by atoms with Crippen LogP contribution in [0.3, 0.4) is 0 Å². The zero-order valence-corrected chi connectivity index (χ0v) is 25.5. The average Bonchev–Trinajstić information content (AvgIpc) is 2.91. The van der Waals surface area contributed by atoms with Gasteiger partial charge in [-0.15, -0.1) is 0 Å². The molecule has 0 aliphatic rings. The number of halogens is 3. The zero-order chi connectivity index (χ0) is 29.6. The van der Waals surface area contributed by atoms with E-state index in [1.54, 1.807) is 57.2 Å². The Kier molecular flexibility index (Phi) is 10.7. The fraction of sp³-hybridized carbons (Fsp3) is 0.286. The molecule has 2 amide bonds. The van der Waals surface area contributed by atoms with Crippen LogP contribution in [0, 0.1) is 0 Å². The molecule has 1 N–H and O–H groups in total. The summed E-state index contributed by atoms with van der Waals surface area (Å²) < 4.78 is 33.8. The fourth-order valence-corrected chi connectivity index (χ4v) is 5.88. The van der Waals surface area contributed by atoms with Gasteiger partial charge in [-0.25, -0.2) is 8.42 Å². The molecule has 3 aromatic carbocycles. The molecule has 40 heavy (non-hydrogen) atoms. The predicted octanol–water partition coefficient (Wildman–Crippen LogP) is 5.79. The molecule has 1 unspecified atom stereocenters. The van der Waals surface area contributed by atoms with E-state index in [1.165, 1.54) is 42.3 Å². The number of hydrogen-bond donors (Lipinski definition) is 1. The highest BCUT2D eigenvalue weighted by atomic mass is 35.5. The third kappa shape index (κ3) is 7.60. The number of nitrogens with one attached hydrogen (secondary N) is 1. The summed E-state index contributed by atoms with van der Waals surface area (Å²) in [6, 6.07) is 15.9. The molecule has 0 saturated carbocycles. The van der Waals surface area contributed by atoms with E-state index in [2.05, 4.69) is 5.32 Å². The lowest BCUT2D eigenvalue weighted by atomic mass is 10.1. The summed E-state index contributed by atoms with van der Waals surface area (Å²) in [5, 5.41) is 3.59. The van der Waals surface area contributed by atoms with E-state index in [9.17, 15) is 18.0 Å². The first-order valence-corrected chi connectivity index (χ1v) is 14.9. The van der Waals surface area contributed by atoms with Gasteiger partial charge in [0.2, 0.25) is 11.8 Å². The van der Waals surface area contributed by atoms with Gasteiger partial charge in [-0.1, -0.05) is 59.1 Å².